The normalized spacial score (nSPS) is 12.0. The third-order valence-electron chi connectivity index (χ3n) is 4.58. The monoisotopic (exact) mass is 347 g/mol. The van der Waals surface area contributed by atoms with Crippen LogP contribution in [-0.4, -0.2) is 15.7 Å². The summed E-state index contributed by atoms with van der Waals surface area (Å²) in [6.45, 7) is 8.81. The molecule has 0 aliphatic carbocycles. The van der Waals surface area contributed by atoms with Crippen LogP contribution < -0.4 is 5.32 Å². The summed E-state index contributed by atoms with van der Waals surface area (Å²) in [7, 11) is 0. The summed E-state index contributed by atoms with van der Waals surface area (Å²) in [6.07, 6.45) is 0. The minimum Gasteiger partial charge on any atom is -0.346 e. The minimum atomic E-state index is -0.0595. The van der Waals surface area contributed by atoms with Crippen molar-refractivity contribution in [2.24, 2.45) is 0 Å². The fourth-order valence-electron chi connectivity index (χ4n) is 2.99. The van der Waals surface area contributed by atoms with E-state index < -0.39 is 0 Å². The highest BCUT2D eigenvalue weighted by Gasteiger charge is 2.11. The largest absolute Gasteiger partial charge is 0.346 e. The molecule has 1 heterocycles. The summed E-state index contributed by atoms with van der Waals surface area (Å²) in [5, 5.41) is 7.54. The summed E-state index contributed by atoms with van der Waals surface area (Å²) >= 11 is 0. The van der Waals surface area contributed by atoms with Crippen LogP contribution in [0.3, 0.4) is 0 Å². The van der Waals surface area contributed by atoms with Crippen molar-refractivity contribution in [2.75, 3.05) is 0 Å². The molecule has 3 rings (SSSR count). The van der Waals surface area contributed by atoms with Crippen molar-refractivity contribution in [3.63, 3.8) is 0 Å². The molecule has 0 fully saturated rings. The third kappa shape index (κ3) is 4.20. The molecule has 4 nitrogen and oxygen atoms in total. The summed E-state index contributed by atoms with van der Waals surface area (Å²) in [5.41, 5.74) is 6.26. The van der Waals surface area contributed by atoms with E-state index in [1.165, 1.54) is 5.56 Å². The molecule has 0 aliphatic heterocycles. The second-order valence-electron chi connectivity index (χ2n) is 6.89. The van der Waals surface area contributed by atoms with Gasteiger partial charge in [0.1, 0.15) is 0 Å². The number of carbonyl (C=O) groups excluding carboxylic acids is 1. The highest BCUT2D eigenvalue weighted by Crippen LogP contribution is 2.15. The summed E-state index contributed by atoms with van der Waals surface area (Å²) in [5.74, 6) is -0.0595. The van der Waals surface area contributed by atoms with Crippen molar-refractivity contribution in [3.8, 4) is 0 Å². The zero-order chi connectivity index (χ0) is 18.7. The van der Waals surface area contributed by atoms with Crippen LogP contribution in [0, 0.1) is 20.8 Å². The van der Waals surface area contributed by atoms with Crippen LogP contribution in [-0.2, 0) is 6.54 Å². The predicted octanol–water partition coefficient (Wildman–Crippen LogP) is 4.35. The van der Waals surface area contributed by atoms with Crippen LogP contribution in [0.4, 0.5) is 0 Å². The van der Waals surface area contributed by atoms with Gasteiger partial charge in [-0.2, -0.15) is 5.10 Å². The van der Waals surface area contributed by atoms with E-state index in [9.17, 15) is 4.79 Å². The van der Waals surface area contributed by atoms with Crippen molar-refractivity contribution >= 4 is 5.91 Å². The topological polar surface area (TPSA) is 46.9 Å². The second-order valence-corrected chi connectivity index (χ2v) is 6.89. The van der Waals surface area contributed by atoms with Gasteiger partial charge >= 0.3 is 0 Å². The number of hydrogen-bond acceptors (Lipinski definition) is 2. The van der Waals surface area contributed by atoms with Crippen LogP contribution in [0.25, 0.3) is 0 Å². The molecule has 1 N–H and O–H groups in total. The number of hydrogen-bond donors (Lipinski definition) is 1. The lowest BCUT2D eigenvalue weighted by Crippen LogP contribution is -2.26. The van der Waals surface area contributed by atoms with E-state index in [-0.39, 0.29) is 11.9 Å². The van der Waals surface area contributed by atoms with Crippen LogP contribution in [0.2, 0.25) is 0 Å². The predicted molar refractivity (Wildman–Crippen MR) is 104 cm³/mol. The highest BCUT2D eigenvalue weighted by atomic mass is 16.1. The molecule has 0 aliphatic rings. The van der Waals surface area contributed by atoms with E-state index in [1.807, 2.05) is 49.7 Å². The van der Waals surface area contributed by atoms with Crippen molar-refractivity contribution < 1.29 is 4.79 Å². The Morgan fingerprint density at radius 2 is 1.69 bits per heavy atom. The van der Waals surface area contributed by atoms with E-state index in [1.54, 1.807) is 0 Å². The third-order valence-corrected chi connectivity index (χ3v) is 4.58. The Bertz CT molecular complexity index is 892. The first-order chi connectivity index (χ1) is 12.4. The maximum absolute atomic E-state index is 12.5. The number of amides is 1. The Balaban J connectivity index is 1.65. The van der Waals surface area contributed by atoms with E-state index in [0.717, 1.165) is 22.5 Å². The van der Waals surface area contributed by atoms with Crippen LogP contribution >= 0.6 is 0 Å². The van der Waals surface area contributed by atoms with Gasteiger partial charge in [-0.15, -0.1) is 0 Å². The first-order valence-electron chi connectivity index (χ1n) is 8.90. The molecule has 0 spiro atoms. The maximum Gasteiger partial charge on any atom is 0.251 e. The summed E-state index contributed by atoms with van der Waals surface area (Å²) in [4.78, 5) is 12.5. The molecular formula is C22H25N3O. The molecule has 26 heavy (non-hydrogen) atoms. The molecule has 1 atom stereocenters. The smallest absolute Gasteiger partial charge is 0.251 e. The van der Waals surface area contributed by atoms with Gasteiger partial charge in [0.25, 0.3) is 5.91 Å². The molecular weight excluding hydrogens is 322 g/mol. The standard InChI is InChI=1S/C22H25N3O/c1-15-5-9-20(10-6-15)18(4)23-22(26)21-11-7-19(8-12-21)14-25-17(3)13-16(2)24-25/h5-13,18H,14H2,1-4H3,(H,23,26). The van der Waals surface area contributed by atoms with Crippen molar-refractivity contribution in [3.05, 3.63) is 88.2 Å². The zero-order valence-electron chi connectivity index (χ0n) is 15.8. The first kappa shape index (κ1) is 17.9. The Labute approximate surface area is 154 Å². The average Bonchev–Trinajstić information content (AvgIpc) is 2.93. The SMILES string of the molecule is Cc1ccc(C(C)NC(=O)c2ccc(Cn3nc(C)cc3C)cc2)cc1. The van der Waals surface area contributed by atoms with Gasteiger partial charge in [-0.1, -0.05) is 42.0 Å². The summed E-state index contributed by atoms with van der Waals surface area (Å²) in [6, 6.07) is 18.0. The van der Waals surface area contributed by atoms with Gasteiger partial charge in [0.2, 0.25) is 0 Å². The van der Waals surface area contributed by atoms with Gasteiger partial charge in [0.05, 0.1) is 18.3 Å². The molecule has 1 aromatic heterocycles. The van der Waals surface area contributed by atoms with Gasteiger partial charge in [0, 0.05) is 11.3 Å². The van der Waals surface area contributed by atoms with E-state index in [4.69, 9.17) is 0 Å². The van der Waals surface area contributed by atoms with Crippen LogP contribution in [0.5, 0.6) is 0 Å². The Morgan fingerprint density at radius 3 is 2.27 bits per heavy atom. The highest BCUT2D eigenvalue weighted by molar-refractivity contribution is 5.94. The number of rotatable bonds is 5. The number of aryl methyl sites for hydroxylation is 3. The number of aromatic nitrogens is 2. The number of carbonyl (C=O) groups is 1. The summed E-state index contributed by atoms with van der Waals surface area (Å²) < 4.78 is 1.98. The molecule has 1 amide bonds. The number of benzene rings is 2. The molecule has 0 saturated heterocycles. The lowest BCUT2D eigenvalue weighted by molar-refractivity contribution is 0.0940. The van der Waals surface area contributed by atoms with Gasteiger partial charge < -0.3 is 5.32 Å². The van der Waals surface area contributed by atoms with Gasteiger partial charge in [-0.3, -0.25) is 9.48 Å². The van der Waals surface area contributed by atoms with Crippen molar-refractivity contribution in [1.82, 2.24) is 15.1 Å². The minimum absolute atomic E-state index is 0.0301. The van der Waals surface area contributed by atoms with E-state index in [2.05, 4.69) is 47.7 Å². The molecule has 4 heteroatoms. The molecule has 3 aromatic rings. The fraction of sp³-hybridized carbons (Fsp3) is 0.273. The quantitative estimate of drug-likeness (QED) is 0.746. The Morgan fingerprint density at radius 1 is 1.04 bits per heavy atom. The molecule has 0 saturated carbocycles. The molecule has 134 valence electrons. The van der Waals surface area contributed by atoms with Crippen LogP contribution in [0.15, 0.2) is 54.6 Å². The number of nitrogens with one attached hydrogen (secondary N) is 1. The second kappa shape index (κ2) is 7.56. The maximum atomic E-state index is 12.5. The van der Waals surface area contributed by atoms with Crippen molar-refractivity contribution in [2.45, 2.75) is 40.3 Å². The van der Waals surface area contributed by atoms with Gasteiger partial charge in [-0.05, 0) is 57.0 Å². The molecule has 1 unspecified atom stereocenters. The van der Waals surface area contributed by atoms with Crippen molar-refractivity contribution in [1.29, 1.82) is 0 Å². The Hall–Kier alpha value is -2.88. The number of nitrogens with zero attached hydrogens (tertiary/aromatic N) is 2. The molecule has 2 aromatic carbocycles. The molecule has 0 radical (unpaired) electrons. The van der Waals surface area contributed by atoms with Gasteiger partial charge in [0.15, 0.2) is 0 Å². The first-order valence-corrected chi connectivity index (χ1v) is 8.90. The Kier molecular flexibility index (Phi) is 5.21. The van der Waals surface area contributed by atoms with Gasteiger partial charge in [-0.25, -0.2) is 0 Å². The lowest BCUT2D eigenvalue weighted by Gasteiger charge is -2.15. The zero-order valence-corrected chi connectivity index (χ0v) is 15.8. The fourth-order valence-corrected chi connectivity index (χ4v) is 2.99. The average molecular weight is 347 g/mol. The molecule has 0 bridgehead atoms. The van der Waals surface area contributed by atoms with Crippen LogP contribution in [0.1, 0.15) is 51.4 Å². The van der Waals surface area contributed by atoms with E-state index in [0.29, 0.717) is 12.1 Å². The lowest BCUT2D eigenvalue weighted by atomic mass is 10.1. The van der Waals surface area contributed by atoms with E-state index >= 15 is 0 Å².